The van der Waals surface area contributed by atoms with Crippen LogP contribution in [0, 0.1) is 30.2 Å². The van der Waals surface area contributed by atoms with E-state index in [0.717, 1.165) is 17.3 Å². The number of hydrogen-bond acceptors (Lipinski definition) is 4. The normalized spacial score (nSPS) is 11.2. The summed E-state index contributed by atoms with van der Waals surface area (Å²) in [4.78, 5) is 19.1. The summed E-state index contributed by atoms with van der Waals surface area (Å²) in [6, 6.07) is 6.90. The summed E-state index contributed by atoms with van der Waals surface area (Å²) >= 11 is 0. The Kier molecular flexibility index (Phi) is 7.20. The van der Waals surface area contributed by atoms with Crippen molar-refractivity contribution in [2.24, 2.45) is 7.05 Å². The van der Waals surface area contributed by atoms with Crippen molar-refractivity contribution in [3.05, 3.63) is 100 Å². The van der Waals surface area contributed by atoms with E-state index >= 15 is 0 Å². The van der Waals surface area contributed by atoms with E-state index in [-0.39, 0.29) is 30.6 Å². The van der Waals surface area contributed by atoms with Crippen molar-refractivity contribution in [1.82, 2.24) is 24.2 Å². The Morgan fingerprint density at radius 2 is 1.72 bits per heavy atom. The van der Waals surface area contributed by atoms with Gasteiger partial charge in [0.1, 0.15) is 29.8 Å². The smallest absolute Gasteiger partial charge is 0.272 e. The van der Waals surface area contributed by atoms with Crippen LogP contribution in [0.15, 0.2) is 48.8 Å². The van der Waals surface area contributed by atoms with Gasteiger partial charge >= 0.3 is 0 Å². The zero-order chi connectivity index (χ0) is 26.0. The molecule has 0 bridgehead atoms. The molecule has 0 saturated heterocycles. The minimum Gasteiger partial charge on any atom is -0.369 e. The van der Waals surface area contributed by atoms with Crippen LogP contribution >= 0.6 is 0 Å². The second-order valence-corrected chi connectivity index (χ2v) is 8.26. The average molecular weight is 501 g/mol. The van der Waals surface area contributed by atoms with E-state index in [1.54, 1.807) is 18.8 Å². The summed E-state index contributed by atoms with van der Waals surface area (Å²) in [5, 5.41) is 4.28. The fourth-order valence-corrected chi connectivity index (χ4v) is 3.79. The van der Waals surface area contributed by atoms with Gasteiger partial charge in [-0.2, -0.15) is 5.10 Å². The van der Waals surface area contributed by atoms with Gasteiger partial charge in [0.2, 0.25) is 0 Å². The molecule has 2 aromatic heterocycles. The standard InChI is InChI=1S/C25H23F4N5O2/c1-15-16(12-33(3)31-15)11-32(2)25(35)22-10-30-23(34(22)18-6-4-17(26)5-7-18)14-36-13-19-20(27)8-9-21(28)24(19)29/h4-10,12H,11,13-14H2,1-3H3. The third-order valence-electron chi connectivity index (χ3n) is 5.62. The van der Waals surface area contributed by atoms with Crippen LogP contribution in [0.4, 0.5) is 17.6 Å². The maximum Gasteiger partial charge on any atom is 0.272 e. The number of amides is 1. The Morgan fingerprint density at radius 3 is 2.39 bits per heavy atom. The summed E-state index contributed by atoms with van der Waals surface area (Å²) in [6.07, 6.45) is 3.17. The van der Waals surface area contributed by atoms with Crippen LogP contribution in [-0.2, 0) is 31.5 Å². The fourth-order valence-electron chi connectivity index (χ4n) is 3.79. The highest BCUT2D eigenvalue weighted by Crippen LogP contribution is 2.21. The maximum absolute atomic E-state index is 14.0. The van der Waals surface area contributed by atoms with Crippen LogP contribution < -0.4 is 0 Å². The molecule has 2 heterocycles. The van der Waals surface area contributed by atoms with E-state index in [4.69, 9.17) is 4.74 Å². The second kappa shape index (κ2) is 10.3. The van der Waals surface area contributed by atoms with Crippen molar-refractivity contribution in [3.63, 3.8) is 0 Å². The zero-order valence-electron chi connectivity index (χ0n) is 19.8. The van der Waals surface area contributed by atoms with Gasteiger partial charge in [0.25, 0.3) is 5.91 Å². The number of rotatable bonds is 8. The largest absolute Gasteiger partial charge is 0.369 e. The molecule has 36 heavy (non-hydrogen) atoms. The first-order valence-electron chi connectivity index (χ1n) is 10.9. The summed E-state index contributed by atoms with van der Waals surface area (Å²) in [5.74, 6) is -4.08. The van der Waals surface area contributed by atoms with Gasteiger partial charge < -0.3 is 9.64 Å². The monoisotopic (exact) mass is 501 g/mol. The van der Waals surface area contributed by atoms with Gasteiger partial charge in [-0.3, -0.25) is 14.0 Å². The molecule has 2 aromatic carbocycles. The van der Waals surface area contributed by atoms with Gasteiger partial charge in [-0.25, -0.2) is 22.5 Å². The van der Waals surface area contributed by atoms with Crippen LogP contribution in [0.1, 0.15) is 33.1 Å². The molecule has 1 amide bonds. The predicted molar refractivity (Wildman–Crippen MR) is 122 cm³/mol. The minimum atomic E-state index is -1.33. The first-order chi connectivity index (χ1) is 17.2. The highest BCUT2D eigenvalue weighted by molar-refractivity contribution is 5.93. The molecule has 0 aliphatic carbocycles. The number of ether oxygens (including phenoxy) is 1. The number of hydrogen-bond donors (Lipinski definition) is 0. The molecule has 0 saturated carbocycles. The SMILES string of the molecule is Cc1nn(C)cc1CN(C)C(=O)c1cnc(COCc2c(F)ccc(F)c2F)n1-c1ccc(F)cc1. The molecule has 0 N–H and O–H groups in total. The van der Waals surface area contributed by atoms with Crippen molar-refractivity contribution in [2.45, 2.75) is 26.7 Å². The summed E-state index contributed by atoms with van der Waals surface area (Å²) < 4.78 is 63.5. The van der Waals surface area contributed by atoms with Gasteiger partial charge in [0.15, 0.2) is 11.6 Å². The molecule has 188 valence electrons. The fraction of sp³-hybridized carbons (Fsp3) is 0.240. The van der Waals surface area contributed by atoms with Crippen molar-refractivity contribution in [1.29, 1.82) is 0 Å². The first kappa shape index (κ1) is 25.1. The number of carbonyl (C=O) groups excluding carboxylic acids is 1. The van der Waals surface area contributed by atoms with Crippen LogP contribution in [0.3, 0.4) is 0 Å². The molecule has 0 aliphatic rings. The first-order valence-corrected chi connectivity index (χ1v) is 10.9. The molecule has 0 atom stereocenters. The van der Waals surface area contributed by atoms with Crippen LogP contribution in [-0.4, -0.2) is 37.2 Å². The van der Waals surface area contributed by atoms with Gasteiger partial charge in [0, 0.05) is 38.1 Å². The summed E-state index contributed by atoms with van der Waals surface area (Å²) in [7, 11) is 3.41. The molecule has 0 spiro atoms. The number of nitrogens with zero attached hydrogens (tertiary/aromatic N) is 5. The number of halogens is 4. The number of benzene rings is 2. The Labute approximate surface area is 204 Å². The third kappa shape index (κ3) is 5.15. The molecule has 4 rings (SSSR count). The number of carbonyl (C=O) groups is 1. The highest BCUT2D eigenvalue weighted by atomic mass is 19.2. The van der Waals surface area contributed by atoms with Gasteiger partial charge in [-0.15, -0.1) is 0 Å². The van der Waals surface area contributed by atoms with Crippen molar-refractivity contribution < 1.29 is 27.1 Å². The lowest BCUT2D eigenvalue weighted by atomic mass is 10.2. The number of aryl methyl sites for hydroxylation is 2. The predicted octanol–water partition coefficient (Wildman–Crippen LogP) is 4.46. The average Bonchev–Trinajstić information content (AvgIpc) is 3.40. The second-order valence-electron chi connectivity index (χ2n) is 8.26. The van der Waals surface area contributed by atoms with Crippen molar-refractivity contribution in [2.75, 3.05) is 7.05 Å². The summed E-state index contributed by atoms with van der Waals surface area (Å²) in [6.45, 7) is 1.31. The van der Waals surface area contributed by atoms with Gasteiger partial charge in [-0.1, -0.05) is 0 Å². The molecular weight excluding hydrogens is 478 g/mol. The quantitative estimate of drug-likeness (QED) is 0.264. The lowest BCUT2D eigenvalue weighted by molar-refractivity contribution is 0.0773. The molecule has 11 heteroatoms. The molecular formula is C25H23F4N5O2. The van der Waals surface area contributed by atoms with E-state index in [2.05, 4.69) is 10.1 Å². The van der Waals surface area contributed by atoms with Gasteiger partial charge in [-0.05, 0) is 43.3 Å². The van der Waals surface area contributed by atoms with E-state index in [9.17, 15) is 22.4 Å². The van der Waals surface area contributed by atoms with E-state index in [0.29, 0.717) is 11.8 Å². The van der Waals surface area contributed by atoms with Crippen LogP contribution in [0.2, 0.25) is 0 Å². The van der Waals surface area contributed by atoms with Crippen LogP contribution in [0.5, 0.6) is 0 Å². The maximum atomic E-state index is 14.0. The lowest BCUT2D eigenvalue weighted by Gasteiger charge is -2.19. The zero-order valence-corrected chi connectivity index (χ0v) is 19.8. The molecule has 4 aromatic rings. The number of aromatic nitrogens is 4. The minimum absolute atomic E-state index is 0.173. The Morgan fingerprint density at radius 1 is 1.03 bits per heavy atom. The molecule has 0 unspecified atom stereocenters. The Balaban J connectivity index is 1.60. The highest BCUT2D eigenvalue weighted by Gasteiger charge is 2.23. The Hall–Kier alpha value is -3.99. The molecule has 0 aliphatic heterocycles. The van der Waals surface area contributed by atoms with E-state index in [1.165, 1.54) is 39.9 Å². The van der Waals surface area contributed by atoms with Crippen molar-refractivity contribution in [3.8, 4) is 5.69 Å². The van der Waals surface area contributed by atoms with E-state index in [1.807, 2.05) is 13.1 Å². The van der Waals surface area contributed by atoms with Gasteiger partial charge in [0.05, 0.1) is 24.1 Å². The lowest BCUT2D eigenvalue weighted by Crippen LogP contribution is -2.28. The molecule has 0 fully saturated rings. The number of imidazole rings is 1. The molecule has 7 nitrogen and oxygen atoms in total. The van der Waals surface area contributed by atoms with Crippen LogP contribution in [0.25, 0.3) is 5.69 Å². The van der Waals surface area contributed by atoms with Crippen molar-refractivity contribution >= 4 is 5.91 Å². The van der Waals surface area contributed by atoms with E-state index < -0.39 is 35.4 Å². The summed E-state index contributed by atoms with van der Waals surface area (Å²) in [5.41, 5.74) is 1.70. The molecule has 0 radical (unpaired) electrons. The third-order valence-corrected chi connectivity index (χ3v) is 5.62. The Bertz CT molecular complexity index is 1400. The topological polar surface area (TPSA) is 65.2 Å².